The molecule has 0 aliphatic carbocycles. The van der Waals surface area contributed by atoms with Gasteiger partial charge in [0.15, 0.2) is 0 Å². The van der Waals surface area contributed by atoms with E-state index < -0.39 is 0 Å². The van der Waals surface area contributed by atoms with Crippen molar-refractivity contribution in [3.63, 3.8) is 0 Å². The van der Waals surface area contributed by atoms with E-state index >= 15 is 0 Å². The molecule has 0 aromatic heterocycles. The van der Waals surface area contributed by atoms with E-state index in [1.807, 2.05) is 14.1 Å². The summed E-state index contributed by atoms with van der Waals surface area (Å²) in [6, 6.07) is 8.42. The second-order valence-corrected chi connectivity index (χ2v) is 8.91. The Morgan fingerprint density at radius 3 is 2.36 bits per heavy atom. The summed E-state index contributed by atoms with van der Waals surface area (Å²) in [6.45, 7) is 2.29. The number of nitrogens with zero attached hydrogens (tertiary/aromatic N) is 1. The van der Waals surface area contributed by atoms with E-state index in [4.69, 9.17) is 11.1 Å². The van der Waals surface area contributed by atoms with E-state index in [0.717, 1.165) is 16.0 Å². The van der Waals surface area contributed by atoms with Gasteiger partial charge in [-0.15, -0.1) is 0 Å². The Balaban J connectivity index is 2.28. The minimum absolute atomic E-state index is 0.370. The van der Waals surface area contributed by atoms with Crippen LogP contribution < -0.4 is 11.1 Å². The minimum Gasteiger partial charge on any atom is -0.385 e. The van der Waals surface area contributed by atoms with E-state index in [-0.39, 0.29) is 0 Å². The van der Waals surface area contributed by atoms with Gasteiger partial charge in [0.05, 0.1) is 0 Å². The predicted octanol–water partition coefficient (Wildman–Crippen LogP) is 5.14. The van der Waals surface area contributed by atoms with Crippen molar-refractivity contribution in [2.75, 3.05) is 19.4 Å². The molecule has 140 valence electrons. The molecule has 1 aromatic carbocycles. The van der Waals surface area contributed by atoms with Crippen LogP contribution in [0, 0.1) is 5.41 Å². The second kappa shape index (κ2) is 12.2. The van der Waals surface area contributed by atoms with Crippen molar-refractivity contribution < 1.29 is 0 Å². The Bertz CT molecular complexity index is 535. The summed E-state index contributed by atoms with van der Waals surface area (Å²) in [7, 11) is 3.65. The lowest BCUT2D eigenvalue weighted by atomic mass is 10.0. The molecule has 1 unspecified atom stereocenters. The summed E-state index contributed by atoms with van der Waals surface area (Å²) in [6.07, 6.45) is 10.8. The molecule has 0 radical (unpaired) electrons. The van der Waals surface area contributed by atoms with Crippen LogP contribution in [-0.4, -0.2) is 28.8 Å². The van der Waals surface area contributed by atoms with Gasteiger partial charge in [-0.05, 0) is 37.0 Å². The van der Waals surface area contributed by atoms with Gasteiger partial charge in [0, 0.05) is 29.8 Å². The maximum atomic E-state index is 7.76. The number of hydrogen-bond donors (Lipinski definition) is 3. The molecule has 1 atom stereocenters. The maximum Gasteiger partial charge on any atom is 0.123 e. The van der Waals surface area contributed by atoms with Crippen LogP contribution in [0.5, 0.6) is 0 Å². The van der Waals surface area contributed by atoms with Gasteiger partial charge < -0.3 is 16.0 Å². The van der Waals surface area contributed by atoms with Crippen molar-refractivity contribution in [1.29, 1.82) is 5.41 Å². The molecule has 0 spiro atoms. The average Bonchev–Trinajstić information content (AvgIpc) is 2.55. The van der Waals surface area contributed by atoms with Gasteiger partial charge in [-0.2, -0.15) is 0 Å². The molecule has 0 bridgehead atoms. The highest BCUT2D eigenvalue weighted by Crippen LogP contribution is 2.15. The number of likely N-dealkylation sites (N-methyl/N-ethyl adjacent to an activating group) is 1. The van der Waals surface area contributed by atoms with Crippen LogP contribution in [0.2, 0.25) is 0 Å². The Labute approximate surface area is 166 Å². The van der Waals surface area contributed by atoms with Crippen molar-refractivity contribution in [3.05, 3.63) is 41.7 Å². The van der Waals surface area contributed by atoms with Gasteiger partial charge in [0.1, 0.15) is 11.7 Å². The largest absolute Gasteiger partial charge is 0.385 e. The van der Waals surface area contributed by atoms with E-state index in [0.29, 0.717) is 11.7 Å². The third kappa shape index (κ3) is 10.4. The number of anilines is 1. The number of unbranched alkanes of at least 4 members (excludes halogenated alkanes) is 4. The Morgan fingerprint density at radius 1 is 1.16 bits per heavy atom. The number of nitrogens with two attached hydrogens (primary N) is 1. The number of amidine groups is 1. The SMILES string of the molecule is CC(I)CCCCCCCc1ccc(N/C(N)=C/C(=N)N(C)C)cc1. The number of hydrogen-bond acceptors (Lipinski definition) is 3. The van der Waals surface area contributed by atoms with Crippen molar-refractivity contribution in [3.8, 4) is 0 Å². The Kier molecular flexibility index (Phi) is 10.6. The molecule has 0 fully saturated rings. The molecule has 0 heterocycles. The van der Waals surface area contributed by atoms with E-state index in [1.54, 1.807) is 11.0 Å². The summed E-state index contributed by atoms with van der Waals surface area (Å²) in [5, 5.41) is 10.9. The monoisotopic (exact) mass is 456 g/mol. The van der Waals surface area contributed by atoms with Crippen LogP contribution in [0.1, 0.15) is 51.0 Å². The van der Waals surface area contributed by atoms with Crippen LogP contribution in [0.3, 0.4) is 0 Å². The number of nitrogens with one attached hydrogen (secondary N) is 2. The van der Waals surface area contributed by atoms with Crippen LogP contribution in [0.25, 0.3) is 0 Å². The third-order valence-corrected chi connectivity index (χ3v) is 4.71. The molecule has 4 N–H and O–H groups in total. The van der Waals surface area contributed by atoms with Crippen LogP contribution >= 0.6 is 22.6 Å². The molecule has 25 heavy (non-hydrogen) atoms. The lowest BCUT2D eigenvalue weighted by Gasteiger charge is -2.12. The lowest BCUT2D eigenvalue weighted by molar-refractivity contribution is 0.597. The molecule has 0 saturated carbocycles. The van der Waals surface area contributed by atoms with Gasteiger partial charge in [0.25, 0.3) is 0 Å². The number of aryl methyl sites for hydroxylation is 1. The molecule has 0 amide bonds. The Morgan fingerprint density at radius 2 is 1.76 bits per heavy atom. The average molecular weight is 456 g/mol. The van der Waals surface area contributed by atoms with Gasteiger partial charge in [0.2, 0.25) is 0 Å². The highest BCUT2D eigenvalue weighted by Gasteiger charge is 2.00. The van der Waals surface area contributed by atoms with Crippen molar-refractivity contribution in [1.82, 2.24) is 4.90 Å². The molecule has 1 rings (SSSR count). The molecule has 0 aliphatic rings. The summed E-state index contributed by atoms with van der Waals surface area (Å²) in [5.74, 6) is 0.849. The standard InChI is InChI=1S/C20H33IN4/c1-16(21)9-7-5-4-6-8-10-17-11-13-18(14-12-17)24-19(22)15-20(23)25(2)3/h11-16,23-24H,4-10,22H2,1-3H3/b19-15+,23-20?. The quantitative estimate of drug-likeness (QED) is 0.142. The molecule has 1 aromatic rings. The fourth-order valence-electron chi connectivity index (χ4n) is 2.52. The highest BCUT2D eigenvalue weighted by atomic mass is 127. The normalized spacial score (nSPS) is 12.7. The van der Waals surface area contributed by atoms with Crippen molar-refractivity contribution in [2.24, 2.45) is 5.73 Å². The highest BCUT2D eigenvalue weighted by molar-refractivity contribution is 14.1. The zero-order valence-electron chi connectivity index (χ0n) is 15.8. The fourth-order valence-corrected chi connectivity index (χ4v) is 2.96. The van der Waals surface area contributed by atoms with E-state index in [9.17, 15) is 0 Å². The summed E-state index contributed by atoms with van der Waals surface area (Å²) < 4.78 is 0.807. The maximum absolute atomic E-state index is 7.76. The summed E-state index contributed by atoms with van der Waals surface area (Å²) >= 11 is 2.51. The van der Waals surface area contributed by atoms with E-state index in [1.165, 1.54) is 44.1 Å². The first-order valence-corrected chi connectivity index (χ1v) is 10.4. The van der Waals surface area contributed by atoms with Crippen LogP contribution in [0.15, 0.2) is 36.2 Å². The van der Waals surface area contributed by atoms with Crippen molar-refractivity contribution in [2.45, 2.75) is 55.8 Å². The third-order valence-electron chi connectivity index (χ3n) is 4.08. The lowest BCUT2D eigenvalue weighted by Crippen LogP contribution is -2.21. The smallest absolute Gasteiger partial charge is 0.123 e. The predicted molar refractivity (Wildman–Crippen MR) is 119 cm³/mol. The second-order valence-electron chi connectivity index (χ2n) is 6.79. The zero-order valence-corrected chi connectivity index (χ0v) is 18.0. The first kappa shape index (κ1) is 21.8. The van der Waals surface area contributed by atoms with Gasteiger partial charge >= 0.3 is 0 Å². The number of benzene rings is 1. The fraction of sp³-hybridized carbons (Fsp3) is 0.550. The van der Waals surface area contributed by atoms with Crippen molar-refractivity contribution >= 4 is 34.1 Å². The van der Waals surface area contributed by atoms with Crippen LogP contribution in [0.4, 0.5) is 5.69 Å². The number of alkyl halides is 1. The van der Waals surface area contributed by atoms with Gasteiger partial charge in [-0.3, -0.25) is 5.41 Å². The molecule has 0 aliphatic heterocycles. The minimum atomic E-state index is 0.370. The van der Waals surface area contributed by atoms with Gasteiger partial charge in [-0.25, -0.2) is 0 Å². The Hall–Kier alpha value is -1.24. The molecular formula is C20H33IN4. The molecular weight excluding hydrogens is 423 g/mol. The first-order valence-electron chi connectivity index (χ1n) is 9.11. The van der Waals surface area contributed by atoms with E-state index in [2.05, 4.69) is 59.1 Å². The van der Waals surface area contributed by atoms with Gasteiger partial charge in [-0.1, -0.05) is 67.3 Å². The summed E-state index contributed by atoms with van der Waals surface area (Å²) in [4.78, 5) is 1.71. The number of halogens is 1. The molecule has 5 heteroatoms. The first-order chi connectivity index (χ1) is 11.9. The molecule has 0 saturated heterocycles. The topological polar surface area (TPSA) is 65.1 Å². The number of rotatable bonds is 11. The zero-order chi connectivity index (χ0) is 18.7. The van der Waals surface area contributed by atoms with Crippen LogP contribution in [-0.2, 0) is 6.42 Å². The summed E-state index contributed by atoms with van der Waals surface area (Å²) in [5.41, 5.74) is 8.25. The molecule has 4 nitrogen and oxygen atoms in total.